The van der Waals surface area contributed by atoms with Gasteiger partial charge in [-0.1, -0.05) is 30.0 Å². The van der Waals surface area contributed by atoms with Gasteiger partial charge in [0, 0.05) is 19.2 Å². The van der Waals surface area contributed by atoms with Gasteiger partial charge in [0.2, 0.25) is 5.91 Å². The van der Waals surface area contributed by atoms with E-state index in [2.05, 4.69) is 16.3 Å². The summed E-state index contributed by atoms with van der Waals surface area (Å²) in [6.07, 6.45) is 0. The number of benzene rings is 1. The number of carbonyl (C=O) groups is 1. The maximum absolute atomic E-state index is 13.6. The van der Waals surface area contributed by atoms with E-state index in [1.165, 1.54) is 11.0 Å². The van der Waals surface area contributed by atoms with E-state index in [0.29, 0.717) is 21.8 Å². The van der Waals surface area contributed by atoms with Crippen molar-refractivity contribution in [1.82, 2.24) is 15.1 Å². The molecule has 0 saturated heterocycles. The average Bonchev–Trinajstić information content (AvgIpc) is 2.57. The number of thioether (sulfide) groups is 1. The van der Waals surface area contributed by atoms with Crippen molar-refractivity contribution in [3.05, 3.63) is 52.5 Å². The Morgan fingerprint density at radius 3 is 2.71 bits per heavy atom. The Kier molecular flexibility index (Phi) is 5.88. The zero-order valence-corrected chi connectivity index (χ0v) is 14.5. The zero-order valence-electron chi connectivity index (χ0n) is 13.7. The molecule has 0 saturated carbocycles. The van der Waals surface area contributed by atoms with E-state index in [4.69, 9.17) is 0 Å². The number of halogens is 1. The molecule has 0 aliphatic heterocycles. The Labute approximate surface area is 144 Å². The summed E-state index contributed by atoms with van der Waals surface area (Å²) < 4.78 is 13.6. The molecule has 0 aliphatic carbocycles. The first kappa shape index (κ1) is 17.9. The molecule has 24 heavy (non-hydrogen) atoms. The lowest BCUT2D eigenvalue weighted by Crippen LogP contribution is -2.28. The maximum atomic E-state index is 13.6. The van der Waals surface area contributed by atoms with Crippen molar-refractivity contribution in [2.75, 3.05) is 12.8 Å². The average molecular weight is 344 g/mol. The first-order valence-corrected chi connectivity index (χ1v) is 8.26. The zero-order chi connectivity index (χ0) is 17.7. The van der Waals surface area contributed by atoms with Crippen LogP contribution in [0.5, 0.6) is 0 Å². The lowest BCUT2D eigenvalue weighted by molar-refractivity contribution is -0.127. The van der Waals surface area contributed by atoms with Gasteiger partial charge < -0.3 is 4.90 Å². The molecule has 0 aliphatic rings. The van der Waals surface area contributed by atoms with Crippen LogP contribution in [-0.4, -0.2) is 33.8 Å². The molecule has 1 heterocycles. The lowest BCUT2D eigenvalue weighted by atomic mass is 10.1. The number of aromatic nitrogens is 2. The molecule has 2 rings (SSSR count). The quantitative estimate of drug-likeness (QED) is 0.780. The van der Waals surface area contributed by atoms with Crippen LogP contribution in [0.3, 0.4) is 0 Å². The van der Waals surface area contributed by atoms with Crippen molar-refractivity contribution < 1.29 is 9.18 Å². The molecule has 5 nitrogen and oxygen atoms in total. The van der Waals surface area contributed by atoms with Gasteiger partial charge in [0.05, 0.1) is 17.0 Å². The Hall–Kier alpha value is -2.46. The van der Waals surface area contributed by atoms with E-state index < -0.39 is 0 Å². The van der Waals surface area contributed by atoms with Crippen molar-refractivity contribution in [3.63, 3.8) is 0 Å². The molecule has 124 valence electrons. The highest BCUT2D eigenvalue weighted by molar-refractivity contribution is 7.99. The molecule has 2 aromatic rings. The van der Waals surface area contributed by atoms with Gasteiger partial charge in [0.1, 0.15) is 16.9 Å². The van der Waals surface area contributed by atoms with Crippen molar-refractivity contribution in [1.29, 1.82) is 5.26 Å². The molecule has 1 aromatic carbocycles. The summed E-state index contributed by atoms with van der Waals surface area (Å²) in [5.74, 6) is -0.402. The summed E-state index contributed by atoms with van der Waals surface area (Å²) in [5, 5.41) is 17.7. The van der Waals surface area contributed by atoms with Gasteiger partial charge in [0.25, 0.3) is 0 Å². The highest BCUT2D eigenvalue weighted by Crippen LogP contribution is 2.23. The van der Waals surface area contributed by atoms with Gasteiger partial charge >= 0.3 is 0 Å². The van der Waals surface area contributed by atoms with Crippen LogP contribution in [0.15, 0.2) is 29.3 Å². The molecule has 0 unspecified atom stereocenters. The van der Waals surface area contributed by atoms with Crippen molar-refractivity contribution in [2.24, 2.45) is 0 Å². The Morgan fingerprint density at radius 1 is 1.33 bits per heavy atom. The third kappa shape index (κ3) is 4.09. The van der Waals surface area contributed by atoms with Crippen LogP contribution in [0.25, 0.3) is 0 Å². The number of nitrogens with zero attached hydrogens (tertiary/aromatic N) is 4. The summed E-state index contributed by atoms with van der Waals surface area (Å²) in [5.41, 5.74) is 2.36. The fraction of sp³-hybridized carbons (Fsp3) is 0.294. The van der Waals surface area contributed by atoms with E-state index in [-0.39, 0.29) is 24.0 Å². The van der Waals surface area contributed by atoms with Crippen LogP contribution >= 0.6 is 11.8 Å². The monoisotopic (exact) mass is 344 g/mol. The van der Waals surface area contributed by atoms with Crippen LogP contribution < -0.4 is 0 Å². The van der Waals surface area contributed by atoms with Gasteiger partial charge in [-0.15, -0.1) is 5.10 Å². The predicted octanol–water partition coefficient (Wildman–Crippen LogP) is 2.85. The Bertz CT molecular complexity index is 804. The van der Waals surface area contributed by atoms with Crippen molar-refractivity contribution in [3.8, 4) is 6.07 Å². The fourth-order valence-electron chi connectivity index (χ4n) is 2.03. The molecular formula is C17H17FN4OS. The Balaban J connectivity index is 2.02. The number of aryl methyl sites for hydroxylation is 1. The molecular weight excluding hydrogens is 327 g/mol. The first-order valence-electron chi connectivity index (χ1n) is 7.28. The van der Waals surface area contributed by atoms with Crippen molar-refractivity contribution >= 4 is 17.7 Å². The second-order valence-electron chi connectivity index (χ2n) is 5.33. The second kappa shape index (κ2) is 7.88. The minimum atomic E-state index is -0.336. The molecule has 1 amide bonds. The molecule has 0 N–H and O–H groups in total. The van der Waals surface area contributed by atoms with Crippen LogP contribution in [0.2, 0.25) is 0 Å². The molecule has 0 atom stereocenters. The summed E-state index contributed by atoms with van der Waals surface area (Å²) in [4.78, 5) is 13.7. The topological polar surface area (TPSA) is 69.9 Å². The number of carbonyl (C=O) groups excluding carboxylic acids is 1. The number of nitriles is 1. The van der Waals surface area contributed by atoms with Gasteiger partial charge in [-0.2, -0.15) is 10.4 Å². The summed E-state index contributed by atoms with van der Waals surface area (Å²) in [6.45, 7) is 3.78. The van der Waals surface area contributed by atoms with E-state index in [9.17, 15) is 14.4 Å². The highest BCUT2D eigenvalue weighted by Gasteiger charge is 2.16. The third-order valence-corrected chi connectivity index (χ3v) is 4.61. The molecule has 7 heteroatoms. The van der Waals surface area contributed by atoms with E-state index in [0.717, 1.165) is 17.3 Å². The van der Waals surface area contributed by atoms with Gasteiger partial charge in [-0.25, -0.2) is 4.39 Å². The van der Waals surface area contributed by atoms with Crippen molar-refractivity contribution in [2.45, 2.75) is 25.4 Å². The molecule has 0 fully saturated rings. The van der Waals surface area contributed by atoms with E-state index >= 15 is 0 Å². The van der Waals surface area contributed by atoms with Crippen LogP contribution in [0, 0.1) is 31.0 Å². The summed E-state index contributed by atoms with van der Waals surface area (Å²) in [6, 6.07) is 8.46. The minimum Gasteiger partial charge on any atom is -0.341 e. The summed E-state index contributed by atoms with van der Waals surface area (Å²) >= 11 is 1.16. The van der Waals surface area contributed by atoms with Crippen LogP contribution in [0.1, 0.15) is 22.4 Å². The maximum Gasteiger partial charge on any atom is 0.233 e. The minimum absolute atomic E-state index is 0.108. The Morgan fingerprint density at radius 2 is 2.04 bits per heavy atom. The number of amides is 1. The number of hydrogen-bond acceptors (Lipinski definition) is 5. The smallest absolute Gasteiger partial charge is 0.233 e. The van der Waals surface area contributed by atoms with Crippen LogP contribution in [-0.2, 0) is 11.3 Å². The molecule has 0 bridgehead atoms. The third-order valence-electron chi connectivity index (χ3n) is 3.66. The summed E-state index contributed by atoms with van der Waals surface area (Å²) in [7, 11) is 1.62. The van der Waals surface area contributed by atoms with E-state index in [1.807, 2.05) is 0 Å². The molecule has 0 spiro atoms. The molecule has 1 aromatic heterocycles. The number of hydrogen-bond donors (Lipinski definition) is 0. The second-order valence-corrected chi connectivity index (χ2v) is 6.30. The van der Waals surface area contributed by atoms with Crippen LogP contribution in [0.4, 0.5) is 4.39 Å². The normalized spacial score (nSPS) is 10.3. The lowest BCUT2D eigenvalue weighted by Gasteiger charge is -2.17. The van der Waals surface area contributed by atoms with Gasteiger partial charge in [0.15, 0.2) is 0 Å². The van der Waals surface area contributed by atoms with Gasteiger partial charge in [-0.05, 0) is 25.5 Å². The fourth-order valence-corrected chi connectivity index (χ4v) is 2.95. The predicted molar refractivity (Wildman–Crippen MR) is 89.8 cm³/mol. The van der Waals surface area contributed by atoms with Gasteiger partial charge in [-0.3, -0.25) is 4.79 Å². The number of rotatable bonds is 5. The SMILES string of the molecule is Cc1nnc(SCC(=O)N(C)Cc2ccccc2F)c(C#N)c1C. The first-order chi connectivity index (χ1) is 11.4. The standard InChI is InChI=1S/C17H17FN4OS/c1-11-12(2)20-21-17(14(11)8-19)24-10-16(23)22(3)9-13-6-4-5-7-15(13)18/h4-7H,9-10H2,1-3H3. The largest absolute Gasteiger partial charge is 0.341 e. The molecule has 0 radical (unpaired) electrons. The van der Waals surface area contributed by atoms with E-state index in [1.54, 1.807) is 39.1 Å². The highest BCUT2D eigenvalue weighted by atomic mass is 32.2.